The fourth-order valence-corrected chi connectivity index (χ4v) is 2.17. The molecule has 0 aliphatic heterocycles. The molecule has 0 aromatic rings. The lowest BCUT2D eigenvalue weighted by Gasteiger charge is -2.17. The Morgan fingerprint density at radius 2 is 1.79 bits per heavy atom. The number of allylic oxidation sites excluding steroid dienone is 1. The molecule has 0 aliphatic rings. The Kier molecular flexibility index (Phi) is 14.6. The molecule has 0 aliphatic carbocycles. The summed E-state index contributed by atoms with van der Waals surface area (Å²) in [4.78, 5) is 23.4. The van der Waals surface area contributed by atoms with Gasteiger partial charge in [0.2, 0.25) is 0 Å². The topological polar surface area (TPSA) is 72.8 Å². The first kappa shape index (κ1) is 22.8. The quantitative estimate of drug-likeness (QED) is 0.280. The van der Waals surface area contributed by atoms with Crippen molar-refractivity contribution >= 4 is 11.8 Å². The van der Waals surface area contributed by atoms with E-state index in [0.717, 1.165) is 25.9 Å². The van der Waals surface area contributed by atoms with Gasteiger partial charge in [-0.05, 0) is 39.0 Å². The maximum absolute atomic E-state index is 11.8. The minimum absolute atomic E-state index is 0.222. The molecule has 0 spiro atoms. The molecule has 0 rings (SSSR count). The van der Waals surface area contributed by atoms with E-state index in [1.54, 1.807) is 0 Å². The molecule has 0 aromatic heterocycles. The van der Waals surface area contributed by atoms with E-state index < -0.39 is 12.1 Å². The van der Waals surface area contributed by atoms with Gasteiger partial charge in [0, 0.05) is 32.5 Å². The molecule has 0 aromatic carbocycles. The maximum Gasteiger partial charge on any atom is 0.334 e. The average Bonchev–Trinajstić information content (AvgIpc) is 2.54. The third kappa shape index (κ3) is 13.3. The van der Waals surface area contributed by atoms with E-state index in [4.69, 9.17) is 9.47 Å². The molecular formula is C19H34O5. The summed E-state index contributed by atoms with van der Waals surface area (Å²) in [6.45, 7) is 6.87. The number of aliphatic hydroxyl groups is 1. The van der Waals surface area contributed by atoms with Gasteiger partial charge >= 0.3 is 5.97 Å². The van der Waals surface area contributed by atoms with Crippen LogP contribution in [0.3, 0.4) is 0 Å². The number of hydrogen-bond donors (Lipinski definition) is 1. The Balaban J connectivity index is 4.04. The number of hydrogen-bond acceptors (Lipinski definition) is 5. The van der Waals surface area contributed by atoms with Crippen molar-refractivity contribution in [2.75, 3.05) is 13.2 Å². The van der Waals surface area contributed by atoms with E-state index in [1.165, 1.54) is 6.92 Å². The molecule has 0 amide bonds. The van der Waals surface area contributed by atoms with E-state index in [0.29, 0.717) is 38.7 Å². The highest BCUT2D eigenvalue weighted by atomic mass is 16.6. The first-order chi connectivity index (χ1) is 11.5. The molecule has 2 atom stereocenters. The lowest BCUT2D eigenvalue weighted by atomic mass is 10.0. The van der Waals surface area contributed by atoms with Crippen LogP contribution in [-0.2, 0) is 19.1 Å². The first-order valence-corrected chi connectivity index (χ1v) is 9.14. The normalized spacial score (nSPS) is 13.8. The Hall–Kier alpha value is -1.20. The van der Waals surface area contributed by atoms with Crippen molar-refractivity contribution in [3.05, 3.63) is 12.2 Å². The van der Waals surface area contributed by atoms with Crippen LogP contribution in [0, 0.1) is 0 Å². The van der Waals surface area contributed by atoms with Gasteiger partial charge in [-0.15, -0.1) is 0 Å². The maximum atomic E-state index is 11.8. The fourth-order valence-electron chi connectivity index (χ4n) is 2.17. The standard InChI is InChI=1S/C19H34O5/c1-4-6-7-12-18(24-19(22)16(3)20)13-8-10-17(21)11-9-15-23-14-5-2/h6-7,16,18,20H,4-5,8-15H2,1-3H3/b7-6-. The lowest BCUT2D eigenvalue weighted by Crippen LogP contribution is -2.25. The van der Waals surface area contributed by atoms with Crippen molar-refractivity contribution in [2.24, 2.45) is 0 Å². The van der Waals surface area contributed by atoms with Crippen LogP contribution in [0.4, 0.5) is 0 Å². The number of Topliss-reactive ketones (excluding diaryl/α,β-unsaturated/α-hetero) is 1. The van der Waals surface area contributed by atoms with Crippen LogP contribution in [0.25, 0.3) is 0 Å². The van der Waals surface area contributed by atoms with Gasteiger partial charge in [0.1, 0.15) is 18.0 Å². The molecule has 0 heterocycles. The molecule has 0 saturated heterocycles. The zero-order valence-electron chi connectivity index (χ0n) is 15.5. The van der Waals surface area contributed by atoms with Crippen LogP contribution in [0.2, 0.25) is 0 Å². The number of aliphatic hydroxyl groups excluding tert-OH is 1. The second-order valence-corrected chi connectivity index (χ2v) is 6.00. The number of carbonyl (C=O) groups excluding carboxylic acids is 2. The van der Waals surface area contributed by atoms with Crippen LogP contribution in [0.15, 0.2) is 12.2 Å². The van der Waals surface area contributed by atoms with Crippen LogP contribution in [-0.4, -0.2) is 42.3 Å². The van der Waals surface area contributed by atoms with Gasteiger partial charge in [-0.25, -0.2) is 4.79 Å². The summed E-state index contributed by atoms with van der Waals surface area (Å²) in [7, 11) is 0. The number of carbonyl (C=O) groups is 2. The van der Waals surface area contributed by atoms with Gasteiger partial charge < -0.3 is 14.6 Å². The van der Waals surface area contributed by atoms with Gasteiger partial charge in [0.15, 0.2) is 0 Å². The molecule has 0 saturated carbocycles. The van der Waals surface area contributed by atoms with E-state index >= 15 is 0 Å². The Morgan fingerprint density at radius 1 is 1.08 bits per heavy atom. The second-order valence-electron chi connectivity index (χ2n) is 6.00. The number of ether oxygens (including phenoxy) is 2. The number of esters is 1. The van der Waals surface area contributed by atoms with Gasteiger partial charge in [-0.2, -0.15) is 0 Å². The highest BCUT2D eigenvalue weighted by molar-refractivity contribution is 5.78. The van der Waals surface area contributed by atoms with Crippen molar-refractivity contribution < 1.29 is 24.2 Å². The van der Waals surface area contributed by atoms with E-state index in [1.807, 2.05) is 19.1 Å². The first-order valence-electron chi connectivity index (χ1n) is 9.14. The van der Waals surface area contributed by atoms with Gasteiger partial charge in [-0.1, -0.05) is 26.0 Å². The Bertz CT molecular complexity index is 363. The molecule has 5 nitrogen and oxygen atoms in total. The minimum atomic E-state index is -1.12. The zero-order valence-corrected chi connectivity index (χ0v) is 15.5. The van der Waals surface area contributed by atoms with Crippen molar-refractivity contribution in [3.8, 4) is 0 Å². The summed E-state index contributed by atoms with van der Waals surface area (Å²) in [5.41, 5.74) is 0. The molecule has 2 unspecified atom stereocenters. The molecular weight excluding hydrogens is 308 g/mol. The molecule has 24 heavy (non-hydrogen) atoms. The van der Waals surface area contributed by atoms with Gasteiger partial charge in [0.05, 0.1) is 0 Å². The summed E-state index contributed by atoms with van der Waals surface area (Å²) >= 11 is 0. The molecule has 140 valence electrons. The molecule has 5 heteroatoms. The van der Waals surface area contributed by atoms with Crippen LogP contribution in [0.5, 0.6) is 0 Å². The number of ketones is 1. The second kappa shape index (κ2) is 15.3. The monoisotopic (exact) mass is 342 g/mol. The van der Waals surface area contributed by atoms with Gasteiger partial charge in [0.25, 0.3) is 0 Å². The van der Waals surface area contributed by atoms with Crippen molar-refractivity contribution in [1.29, 1.82) is 0 Å². The SMILES string of the molecule is CC/C=C\CC(CCCC(=O)CCCOCCC)OC(=O)C(C)O. The van der Waals surface area contributed by atoms with E-state index in [9.17, 15) is 14.7 Å². The van der Waals surface area contributed by atoms with E-state index in [2.05, 4.69) is 6.92 Å². The summed E-state index contributed by atoms with van der Waals surface area (Å²) in [5, 5.41) is 9.26. The third-order valence-electron chi connectivity index (χ3n) is 3.50. The lowest BCUT2D eigenvalue weighted by molar-refractivity contribution is -0.158. The largest absolute Gasteiger partial charge is 0.460 e. The summed E-state index contributed by atoms with van der Waals surface area (Å²) < 4.78 is 10.7. The summed E-state index contributed by atoms with van der Waals surface area (Å²) in [6.07, 6.45) is 8.25. The van der Waals surface area contributed by atoms with Crippen LogP contribution < -0.4 is 0 Å². The third-order valence-corrected chi connectivity index (χ3v) is 3.50. The highest BCUT2D eigenvalue weighted by Crippen LogP contribution is 2.13. The smallest absolute Gasteiger partial charge is 0.334 e. The predicted octanol–water partition coefficient (Wildman–Crippen LogP) is 3.58. The predicted molar refractivity (Wildman–Crippen MR) is 94.8 cm³/mol. The number of rotatable bonds is 15. The Labute approximate surface area is 146 Å². The average molecular weight is 342 g/mol. The fraction of sp³-hybridized carbons (Fsp3) is 0.789. The van der Waals surface area contributed by atoms with Gasteiger partial charge in [-0.3, -0.25) is 4.79 Å². The summed E-state index contributed by atoms with van der Waals surface area (Å²) in [5.74, 6) is -0.385. The Morgan fingerprint density at radius 3 is 2.42 bits per heavy atom. The highest BCUT2D eigenvalue weighted by Gasteiger charge is 2.17. The summed E-state index contributed by atoms with van der Waals surface area (Å²) in [6, 6.07) is 0. The molecule has 0 fully saturated rings. The van der Waals surface area contributed by atoms with Crippen LogP contribution >= 0.6 is 0 Å². The minimum Gasteiger partial charge on any atom is -0.460 e. The molecule has 0 radical (unpaired) electrons. The van der Waals surface area contributed by atoms with E-state index in [-0.39, 0.29) is 11.9 Å². The zero-order chi connectivity index (χ0) is 18.2. The van der Waals surface area contributed by atoms with Crippen molar-refractivity contribution in [3.63, 3.8) is 0 Å². The van der Waals surface area contributed by atoms with Crippen molar-refractivity contribution in [1.82, 2.24) is 0 Å². The molecule has 0 bridgehead atoms. The molecule has 1 N–H and O–H groups in total. The van der Waals surface area contributed by atoms with Crippen molar-refractivity contribution in [2.45, 2.75) is 84.3 Å². The van der Waals surface area contributed by atoms with Crippen LogP contribution in [0.1, 0.15) is 72.1 Å².